The molecule has 102 valence electrons. The average molecular weight is 274 g/mol. The Hall–Kier alpha value is -1.12. The Balaban J connectivity index is 2.36. The Morgan fingerprint density at radius 2 is 1.95 bits per heavy atom. The molecule has 1 saturated heterocycles. The Morgan fingerprint density at radius 3 is 2.47 bits per heavy atom. The van der Waals surface area contributed by atoms with E-state index in [1.165, 1.54) is 0 Å². The minimum Gasteiger partial charge on any atom is -0.405 e. The number of rotatable bonds is 3. The van der Waals surface area contributed by atoms with E-state index in [0.717, 1.165) is 22.8 Å². The maximum absolute atomic E-state index is 10.4. The fourth-order valence-electron chi connectivity index (χ4n) is 2.96. The number of hydrogen-bond acceptors (Lipinski definition) is 2. The Morgan fingerprint density at radius 1 is 1.32 bits per heavy atom. The molecule has 1 aliphatic heterocycles. The topological polar surface area (TPSA) is 29.5 Å². The smallest absolute Gasteiger partial charge is 0.230 e. The first-order valence-corrected chi connectivity index (χ1v) is 9.30. The molecule has 1 aliphatic rings. The fraction of sp³-hybridized carbons (Fsp3) is 0.438. The summed E-state index contributed by atoms with van der Waals surface area (Å²) in [7, 11) is -2.08. The van der Waals surface area contributed by atoms with Gasteiger partial charge in [0.15, 0.2) is 0 Å². The lowest BCUT2D eigenvalue weighted by molar-refractivity contribution is 0.0859. The Kier molecular flexibility index (Phi) is 4.43. The molecule has 3 heteroatoms. The van der Waals surface area contributed by atoms with Gasteiger partial charge in [-0.15, -0.1) is 5.73 Å². The largest absolute Gasteiger partial charge is 0.405 e. The van der Waals surface area contributed by atoms with Gasteiger partial charge in [0.25, 0.3) is 0 Å². The molecule has 1 N–H and O–H groups in total. The van der Waals surface area contributed by atoms with Crippen molar-refractivity contribution in [2.24, 2.45) is 0 Å². The molecular weight excluding hydrogens is 252 g/mol. The van der Waals surface area contributed by atoms with Gasteiger partial charge in [-0.05, 0) is 17.7 Å². The van der Waals surface area contributed by atoms with Crippen LogP contribution >= 0.6 is 0 Å². The second-order valence-corrected chi connectivity index (χ2v) is 9.24. The lowest BCUT2D eigenvalue weighted by Crippen LogP contribution is -2.49. The minimum absolute atomic E-state index is 0.000123. The van der Waals surface area contributed by atoms with Crippen molar-refractivity contribution >= 4 is 8.32 Å². The molecule has 0 aromatic heterocycles. The molecule has 1 fully saturated rings. The number of aliphatic hydroxyl groups excluding tert-OH is 1. The molecule has 2 rings (SSSR count). The van der Waals surface area contributed by atoms with Crippen LogP contribution < -0.4 is 0 Å². The van der Waals surface area contributed by atoms with Crippen LogP contribution in [0.5, 0.6) is 0 Å². The molecular formula is C16H22O2Si. The standard InChI is InChI=1S/C16H22O2Si/c1-4-16-14(17)12-15(13-10-8-7-9-11-13)18-19(16,5-2)6-3/h7-11,14-15,17H,1,5-6,12H2,2-3H3/t14-,15+/m1/s1. The summed E-state index contributed by atoms with van der Waals surface area (Å²) in [5, 5.41) is 11.4. The number of aliphatic hydroxyl groups is 1. The summed E-state index contributed by atoms with van der Waals surface area (Å²) in [6.45, 7) is 8.05. The summed E-state index contributed by atoms with van der Waals surface area (Å²) in [6.07, 6.45) is 0.152. The molecule has 0 aliphatic carbocycles. The van der Waals surface area contributed by atoms with Crippen molar-refractivity contribution in [1.82, 2.24) is 0 Å². The summed E-state index contributed by atoms with van der Waals surface area (Å²) in [5.41, 5.74) is 4.13. The van der Waals surface area contributed by atoms with Crippen LogP contribution in [0.4, 0.5) is 0 Å². The van der Waals surface area contributed by atoms with Crippen molar-refractivity contribution in [1.29, 1.82) is 0 Å². The lowest BCUT2D eigenvalue weighted by atomic mass is 10.0. The molecule has 19 heavy (non-hydrogen) atoms. The van der Waals surface area contributed by atoms with Crippen molar-refractivity contribution in [3.8, 4) is 0 Å². The summed E-state index contributed by atoms with van der Waals surface area (Å²) in [6, 6.07) is 12.1. The van der Waals surface area contributed by atoms with Crippen LogP contribution in [0.15, 0.2) is 47.8 Å². The van der Waals surface area contributed by atoms with Gasteiger partial charge in [0, 0.05) is 11.6 Å². The molecule has 0 radical (unpaired) electrons. The molecule has 0 unspecified atom stereocenters. The summed E-state index contributed by atoms with van der Waals surface area (Å²) in [5.74, 6) is 0. The van der Waals surface area contributed by atoms with Crippen LogP contribution in [0.1, 0.15) is 31.9 Å². The van der Waals surface area contributed by atoms with Crippen molar-refractivity contribution in [2.45, 2.75) is 44.6 Å². The van der Waals surface area contributed by atoms with Crippen LogP contribution in [-0.4, -0.2) is 19.5 Å². The number of hydrogen-bond donors (Lipinski definition) is 1. The van der Waals surface area contributed by atoms with Crippen molar-refractivity contribution < 1.29 is 9.53 Å². The van der Waals surface area contributed by atoms with Gasteiger partial charge in [0.05, 0.1) is 12.2 Å². The minimum atomic E-state index is -2.08. The Bertz CT molecular complexity index is 473. The second-order valence-electron chi connectivity index (χ2n) is 5.06. The predicted molar refractivity (Wildman–Crippen MR) is 80.3 cm³/mol. The van der Waals surface area contributed by atoms with E-state index in [-0.39, 0.29) is 6.10 Å². The van der Waals surface area contributed by atoms with E-state index in [1.807, 2.05) is 18.2 Å². The highest BCUT2D eigenvalue weighted by molar-refractivity contribution is 6.81. The normalized spacial score (nSPS) is 25.9. The maximum atomic E-state index is 10.4. The fourth-order valence-corrected chi connectivity index (χ4v) is 6.50. The molecule has 0 amide bonds. The van der Waals surface area contributed by atoms with Crippen LogP contribution in [0, 0.1) is 0 Å². The van der Waals surface area contributed by atoms with Gasteiger partial charge in [-0.2, -0.15) is 0 Å². The highest BCUT2D eigenvalue weighted by Gasteiger charge is 2.46. The monoisotopic (exact) mass is 274 g/mol. The Labute approximate surface area is 116 Å². The van der Waals surface area contributed by atoms with Crippen molar-refractivity contribution in [2.75, 3.05) is 0 Å². The molecule has 1 aromatic rings. The molecule has 1 heterocycles. The molecule has 0 spiro atoms. The molecule has 2 nitrogen and oxygen atoms in total. The first-order chi connectivity index (χ1) is 9.16. The van der Waals surface area contributed by atoms with Gasteiger partial charge in [-0.1, -0.05) is 50.8 Å². The maximum Gasteiger partial charge on any atom is 0.230 e. The molecule has 0 saturated carbocycles. The highest BCUT2D eigenvalue weighted by atomic mass is 28.4. The van der Waals surface area contributed by atoms with Gasteiger partial charge in [0.1, 0.15) is 0 Å². The van der Waals surface area contributed by atoms with Gasteiger partial charge in [-0.25, -0.2) is 0 Å². The first-order valence-electron chi connectivity index (χ1n) is 6.98. The third-order valence-corrected chi connectivity index (χ3v) is 8.65. The zero-order valence-electron chi connectivity index (χ0n) is 11.7. The van der Waals surface area contributed by atoms with Crippen LogP contribution in [0.2, 0.25) is 12.1 Å². The van der Waals surface area contributed by atoms with Crippen LogP contribution in [0.3, 0.4) is 0 Å². The molecule has 0 bridgehead atoms. The van der Waals surface area contributed by atoms with Gasteiger partial charge < -0.3 is 9.53 Å². The first kappa shape index (κ1) is 14.3. The zero-order chi connectivity index (χ0) is 13.9. The van der Waals surface area contributed by atoms with Crippen LogP contribution in [0.25, 0.3) is 0 Å². The SMILES string of the molecule is C=C=C1[C@H](O)C[C@@H](c2ccccc2)O[Si]1(CC)CC. The van der Waals surface area contributed by atoms with E-state index in [2.05, 4.69) is 38.3 Å². The third-order valence-electron chi connectivity index (χ3n) is 4.13. The van der Waals surface area contributed by atoms with E-state index < -0.39 is 14.4 Å². The van der Waals surface area contributed by atoms with E-state index in [0.29, 0.717) is 6.42 Å². The highest BCUT2D eigenvalue weighted by Crippen LogP contribution is 2.41. The van der Waals surface area contributed by atoms with Gasteiger partial charge in [0.2, 0.25) is 8.32 Å². The van der Waals surface area contributed by atoms with Crippen molar-refractivity contribution in [3.63, 3.8) is 0 Å². The van der Waals surface area contributed by atoms with Crippen molar-refractivity contribution in [3.05, 3.63) is 53.4 Å². The summed E-state index contributed by atoms with van der Waals surface area (Å²) >= 11 is 0. The van der Waals surface area contributed by atoms with Gasteiger partial charge in [-0.3, -0.25) is 0 Å². The zero-order valence-corrected chi connectivity index (χ0v) is 12.7. The average Bonchev–Trinajstić information content (AvgIpc) is 2.47. The van der Waals surface area contributed by atoms with Crippen LogP contribution in [-0.2, 0) is 4.43 Å². The van der Waals surface area contributed by atoms with E-state index in [9.17, 15) is 5.11 Å². The van der Waals surface area contributed by atoms with Gasteiger partial charge >= 0.3 is 0 Å². The molecule has 1 aromatic carbocycles. The van der Waals surface area contributed by atoms with E-state index >= 15 is 0 Å². The summed E-state index contributed by atoms with van der Waals surface area (Å²) in [4.78, 5) is 0. The summed E-state index contributed by atoms with van der Waals surface area (Å²) < 4.78 is 6.47. The third kappa shape index (κ3) is 2.60. The molecule has 2 atom stereocenters. The second kappa shape index (κ2) is 5.89. The quantitative estimate of drug-likeness (QED) is 0.672. The lowest BCUT2D eigenvalue weighted by Gasteiger charge is -2.42. The predicted octanol–water partition coefficient (Wildman–Crippen LogP) is 3.74. The van der Waals surface area contributed by atoms with E-state index in [4.69, 9.17) is 4.43 Å². The number of benzene rings is 1. The van der Waals surface area contributed by atoms with E-state index in [1.54, 1.807) is 0 Å².